The fourth-order valence-corrected chi connectivity index (χ4v) is 6.22. The first-order chi connectivity index (χ1) is 11.9. The molecule has 1 aromatic rings. The van der Waals surface area contributed by atoms with Crippen LogP contribution in [-0.4, -0.2) is 16.9 Å². The van der Waals surface area contributed by atoms with Gasteiger partial charge in [-0.25, -0.2) is 0 Å². The summed E-state index contributed by atoms with van der Waals surface area (Å²) in [6.45, 7) is 3.78. The maximum absolute atomic E-state index is 12.8. The molecule has 4 aliphatic rings. The van der Waals surface area contributed by atoms with E-state index >= 15 is 0 Å². The number of carbonyl (C=O) groups is 1. The van der Waals surface area contributed by atoms with E-state index in [9.17, 15) is 14.9 Å². The van der Waals surface area contributed by atoms with Crippen molar-refractivity contribution in [2.24, 2.45) is 23.2 Å². The van der Waals surface area contributed by atoms with E-state index in [1.165, 1.54) is 38.5 Å². The first-order valence-electron chi connectivity index (χ1n) is 9.43. The summed E-state index contributed by atoms with van der Waals surface area (Å²) in [5.41, 5.74) is 0.836. The van der Waals surface area contributed by atoms with Gasteiger partial charge < -0.3 is 5.32 Å². The Morgan fingerprint density at radius 2 is 1.76 bits per heavy atom. The Balaban J connectivity index is 1.56. The molecule has 134 valence electrons. The smallest absolute Gasteiger partial charge is 0.285 e. The highest BCUT2D eigenvalue weighted by atomic mass is 16.6. The molecule has 4 bridgehead atoms. The van der Waals surface area contributed by atoms with Gasteiger partial charge in [-0.05, 0) is 81.6 Å². The number of nitro benzene ring substituents is 1. The molecule has 0 aromatic heterocycles. The normalized spacial score (nSPS) is 33.9. The number of nitro groups is 1. The van der Waals surface area contributed by atoms with Gasteiger partial charge in [0.05, 0.1) is 4.92 Å². The molecular weight excluding hydrogens is 316 g/mol. The highest BCUT2D eigenvalue weighted by molar-refractivity contribution is 5.98. The summed E-state index contributed by atoms with van der Waals surface area (Å²) in [5, 5.41) is 14.5. The molecule has 5 nitrogen and oxygen atoms in total. The fourth-order valence-electron chi connectivity index (χ4n) is 6.22. The van der Waals surface area contributed by atoms with Gasteiger partial charge in [0, 0.05) is 11.6 Å². The number of hydrogen-bond acceptors (Lipinski definition) is 3. The molecule has 5 rings (SSSR count). The number of nitrogens with one attached hydrogen (secondary N) is 1. The predicted octanol–water partition coefficient (Wildman–Crippen LogP) is 4.24. The lowest BCUT2D eigenvalue weighted by atomic mass is 9.48. The first-order valence-corrected chi connectivity index (χ1v) is 9.43. The van der Waals surface area contributed by atoms with Gasteiger partial charge in [0.15, 0.2) is 0 Å². The molecule has 5 heteroatoms. The molecule has 1 atom stereocenters. The number of carbonyl (C=O) groups excluding carboxylic acids is 1. The molecule has 0 spiro atoms. The van der Waals surface area contributed by atoms with Crippen molar-refractivity contribution in [1.29, 1.82) is 0 Å². The van der Waals surface area contributed by atoms with Crippen LogP contribution < -0.4 is 5.32 Å². The Bertz CT molecular complexity index is 692. The number of aryl methyl sites for hydroxylation is 1. The third kappa shape index (κ3) is 2.74. The second kappa shape index (κ2) is 5.82. The maximum atomic E-state index is 12.8. The summed E-state index contributed by atoms with van der Waals surface area (Å²) in [6, 6.07) is 5.02. The minimum absolute atomic E-state index is 0.0634. The zero-order chi connectivity index (χ0) is 17.8. The molecule has 4 aliphatic carbocycles. The van der Waals surface area contributed by atoms with Crippen molar-refractivity contribution in [2.75, 3.05) is 0 Å². The highest BCUT2D eigenvalue weighted by Crippen LogP contribution is 2.61. The second-order valence-electron chi connectivity index (χ2n) is 8.70. The number of para-hydroxylation sites is 1. The highest BCUT2D eigenvalue weighted by Gasteiger charge is 2.53. The monoisotopic (exact) mass is 342 g/mol. The lowest BCUT2D eigenvalue weighted by Crippen LogP contribution is -2.55. The van der Waals surface area contributed by atoms with Crippen LogP contribution in [0, 0.1) is 40.2 Å². The molecule has 4 saturated carbocycles. The molecular formula is C20H26N2O3. The molecule has 4 fully saturated rings. The van der Waals surface area contributed by atoms with E-state index in [1.807, 2.05) is 0 Å². The van der Waals surface area contributed by atoms with Crippen LogP contribution in [0.5, 0.6) is 0 Å². The third-order valence-corrected chi connectivity index (χ3v) is 7.02. The van der Waals surface area contributed by atoms with Gasteiger partial charge >= 0.3 is 0 Å². The SMILES string of the molecule is Cc1cccc(C(=O)NC(C)C23CC4CC(CC(C4)C2)C3)c1[N+](=O)[O-]. The zero-order valence-corrected chi connectivity index (χ0v) is 15.0. The number of amides is 1. The number of rotatable bonds is 4. The van der Waals surface area contributed by atoms with Crippen LogP contribution in [0.15, 0.2) is 18.2 Å². The van der Waals surface area contributed by atoms with Gasteiger partial charge in [-0.15, -0.1) is 0 Å². The van der Waals surface area contributed by atoms with Crippen molar-refractivity contribution in [3.63, 3.8) is 0 Å². The molecule has 1 amide bonds. The average molecular weight is 342 g/mol. The Morgan fingerprint density at radius 3 is 2.28 bits per heavy atom. The van der Waals surface area contributed by atoms with Crippen LogP contribution in [-0.2, 0) is 0 Å². The largest absolute Gasteiger partial charge is 0.349 e. The number of hydrogen-bond donors (Lipinski definition) is 1. The van der Waals surface area contributed by atoms with Crippen molar-refractivity contribution in [1.82, 2.24) is 5.32 Å². The minimum atomic E-state index is -0.445. The lowest BCUT2D eigenvalue weighted by molar-refractivity contribution is -0.385. The number of benzene rings is 1. The Labute approximate surface area is 148 Å². The standard InChI is InChI=1S/C20H26N2O3/c1-12-4-3-5-17(18(12)22(24)25)19(23)21-13(2)20-9-14-6-15(10-20)8-16(7-14)11-20/h3-5,13-16H,6-11H2,1-2H3,(H,21,23). The topological polar surface area (TPSA) is 72.2 Å². The summed E-state index contributed by atoms with van der Waals surface area (Å²) in [5.74, 6) is 2.15. The molecule has 0 heterocycles. The molecule has 1 N–H and O–H groups in total. The first kappa shape index (κ1) is 16.6. The summed E-state index contributed by atoms with van der Waals surface area (Å²) < 4.78 is 0. The van der Waals surface area contributed by atoms with Gasteiger partial charge in [0.2, 0.25) is 0 Å². The van der Waals surface area contributed by atoms with Gasteiger partial charge in [0.1, 0.15) is 5.56 Å². The Hall–Kier alpha value is -1.91. The summed E-state index contributed by atoms with van der Waals surface area (Å²) in [7, 11) is 0. The van der Waals surface area contributed by atoms with E-state index < -0.39 is 4.92 Å². The van der Waals surface area contributed by atoms with E-state index in [0.717, 1.165) is 17.8 Å². The molecule has 25 heavy (non-hydrogen) atoms. The van der Waals surface area contributed by atoms with E-state index in [2.05, 4.69) is 12.2 Å². The Kier molecular flexibility index (Phi) is 3.85. The van der Waals surface area contributed by atoms with E-state index in [1.54, 1.807) is 25.1 Å². The molecule has 0 aliphatic heterocycles. The van der Waals surface area contributed by atoms with Crippen LogP contribution in [0.25, 0.3) is 0 Å². The Morgan fingerprint density at radius 1 is 1.20 bits per heavy atom. The van der Waals surface area contributed by atoms with Crippen molar-refractivity contribution >= 4 is 11.6 Å². The minimum Gasteiger partial charge on any atom is -0.349 e. The summed E-state index contributed by atoms with van der Waals surface area (Å²) in [4.78, 5) is 23.7. The van der Waals surface area contributed by atoms with E-state index in [4.69, 9.17) is 0 Å². The van der Waals surface area contributed by atoms with E-state index in [-0.39, 0.29) is 28.6 Å². The summed E-state index contributed by atoms with van der Waals surface area (Å²) in [6.07, 6.45) is 7.71. The lowest BCUT2D eigenvalue weighted by Gasteiger charge is -2.59. The predicted molar refractivity (Wildman–Crippen MR) is 95.4 cm³/mol. The van der Waals surface area contributed by atoms with Crippen molar-refractivity contribution in [2.45, 2.75) is 58.4 Å². The molecule has 1 unspecified atom stereocenters. The third-order valence-electron chi connectivity index (χ3n) is 7.02. The van der Waals surface area contributed by atoms with Crippen LogP contribution in [0.1, 0.15) is 61.4 Å². The zero-order valence-electron chi connectivity index (χ0n) is 15.0. The second-order valence-corrected chi connectivity index (χ2v) is 8.70. The quantitative estimate of drug-likeness (QED) is 0.657. The number of nitrogens with zero attached hydrogens (tertiary/aromatic N) is 1. The summed E-state index contributed by atoms with van der Waals surface area (Å²) >= 11 is 0. The van der Waals surface area contributed by atoms with Crippen LogP contribution >= 0.6 is 0 Å². The molecule has 1 aromatic carbocycles. The fraction of sp³-hybridized carbons (Fsp3) is 0.650. The van der Waals surface area contributed by atoms with Crippen molar-refractivity contribution in [3.8, 4) is 0 Å². The van der Waals surface area contributed by atoms with Crippen LogP contribution in [0.4, 0.5) is 5.69 Å². The average Bonchev–Trinajstić information content (AvgIpc) is 2.52. The van der Waals surface area contributed by atoms with Crippen LogP contribution in [0.2, 0.25) is 0 Å². The van der Waals surface area contributed by atoms with Gasteiger partial charge in [-0.1, -0.05) is 12.1 Å². The maximum Gasteiger partial charge on any atom is 0.285 e. The van der Waals surface area contributed by atoms with E-state index in [0.29, 0.717) is 5.56 Å². The van der Waals surface area contributed by atoms with Crippen molar-refractivity contribution in [3.05, 3.63) is 39.4 Å². The van der Waals surface area contributed by atoms with Crippen molar-refractivity contribution < 1.29 is 9.72 Å². The molecule has 0 saturated heterocycles. The van der Waals surface area contributed by atoms with Gasteiger partial charge in [0.25, 0.3) is 11.6 Å². The van der Waals surface area contributed by atoms with Crippen LogP contribution in [0.3, 0.4) is 0 Å². The van der Waals surface area contributed by atoms with Gasteiger partial charge in [-0.2, -0.15) is 0 Å². The van der Waals surface area contributed by atoms with Gasteiger partial charge in [-0.3, -0.25) is 14.9 Å². The molecule has 0 radical (unpaired) electrons.